The van der Waals surface area contributed by atoms with Crippen molar-refractivity contribution in [1.29, 1.82) is 0 Å². The summed E-state index contributed by atoms with van der Waals surface area (Å²) >= 11 is 3.37. The average Bonchev–Trinajstić information content (AvgIpc) is 2.74. The number of nitrogens with one attached hydrogen (secondary N) is 1. The minimum absolute atomic E-state index is 0.0588. The van der Waals surface area contributed by atoms with Gasteiger partial charge in [-0.25, -0.2) is 0 Å². The Kier molecular flexibility index (Phi) is 4.27. The molecule has 2 rings (SSSR count). The normalized spacial score (nSPS) is 10.4. The summed E-state index contributed by atoms with van der Waals surface area (Å²) in [5, 5.41) is 12.4. The van der Waals surface area contributed by atoms with E-state index in [1.165, 1.54) is 6.07 Å². The minimum atomic E-state index is -0.236. The van der Waals surface area contributed by atoms with Gasteiger partial charge in [0, 0.05) is 17.2 Å². The number of rotatable bonds is 4. The number of para-hydroxylation sites is 2. The molecule has 0 saturated carbocycles. The average molecular weight is 323 g/mol. The lowest BCUT2D eigenvalue weighted by Gasteiger charge is -2.09. The van der Waals surface area contributed by atoms with Crippen LogP contribution in [-0.4, -0.2) is 15.6 Å². The zero-order valence-electron chi connectivity index (χ0n) is 10.6. The summed E-state index contributed by atoms with van der Waals surface area (Å²) in [6.45, 7) is 2.83. The molecule has 1 aromatic heterocycles. The van der Waals surface area contributed by atoms with E-state index < -0.39 is 0 Å². The summed E-state index contributed by atoms with van der Waals surface area (Å²) in [5.74, 6) is -0.177. The predicted octanol–water partition coefficient (Wildman–Crippen LogP) is 3.62. The smallest absolute Gasteiger partial charge is 0.272 e. The van der Waals surface area contributed by atoms with Gasteiger partial charge in [-0.05, 0) is 40.5 Å². The fourth-order valence-electron chi connectivity index (χ4n) is 1.86. The number of amides is 1. The zero-order chi connectivity index (χ0) is 13.8. The van der Waals surface area contributed by atoms with Crippen LogP contribution in [0.5, 0.6) is 5.75 Å². The Morgan fingerprint density at radius 1 is 1.42 bits per heavy atom. The van der Waals surface area contributed by atoms with E-state index in [9.17, 15) is 9.90 Å². The molecule has 0 aliphatic rings. The van der Waals surface area contributed by atoms with E-state index in [1.807, 2.05) is 10.8 Å². The number of phenols is 1. The second-order valence-corrected chi connectivity index (χ2v) is 5.12. The topological polar surface area (TPSA) is 54.3 Å². The van der Waals surface area contributed by atoms with Crippen molar-refractivity contribution in [3.8, 4) is 5.75 Å². The summed E-state index contributed by atoms with van der Waals surface area (Å²) in [7, 11) is 0. The maximum atomic E-state index is 12.2. The molecule has 0 bridgehead atoms. The van der Waals surface area contributed by atoms with Crippen LogP contribution in [0.3, 0.4) is 0 Å². The molecule has 1 aromatic carbocycles. The molecular formula is C14H15BrN2O2. The van der Waals surface area contributed by atoms with Crippen molar-refractivity contribution in [2.45, 2.75) is 19.9 Å². The number of hydrogen-bond acceptors (Lipinski definition) is 2. The molecule has 0 unspecified atom stereocenters. The standard InChI is InChI=1S/C14H15BrN2O2/c1-2-7-17-9-10(15)8-12(17)14(19)16-11-5-3-4-6-13(11)18/h3-6,8-9,18H,2,7H2,1H3,(H,16,19). The number of carbonyl (C=O) groups excluding carboxylic acids is 1. The molecular weight excluding hydrogens is 308 g/mol. The molecule has 1 heterocycles. The van der Waals surface area contributed by atoms with E-state index in [-0.39, 0.29) is 11.7 Å². The van der Waals surface area contributed by atoms with Gasteiger partial charge in [0.05, 0.1) is 5.69 Å². The monoisotopic (exact) mass is 322 g/mol. The third-order valence-corrected chi connectivity index (χ3v) is 3.15. The summed E-state index contributed by atoms with van der Waals surface area (Å²) in [6.07, 6.45) is 2.82. The minimum Gasteiger partial charge on any atom is -0.506 e. The summed E-state index contributed by atoms with van der Waals surface area (Å²) in [6, 6.07) is 8.44. The number of phenolic OH excluding ortho intramolecular Hbond substituents is 1. The van der Waals surface area contributed by atoms with Crippen LogP contribution in [0.4, 0.5) is 5.69 Å². The molecule has 19 heavy (non-hydrogen) atoms. The van der Waals surface area contributed by atoms with Gasteiger partial charge in [-0.3, -0.25) is 4.79 Å². The Morgan fingerprint density at radius 3 is 2.84 bits per heavy atom. The molecule has 0 atom stereocenters. The van der Waals surface area contributed by atoms with Gasteiger partial charge in [0.2, 0.25) is 0 Å². The van der Waals surface area contributed by atoms with Crippen molar-refractivity contribution in [3.05, 3.63) is 46.7 Å². The Bertz CT molecular complexity index is 593. The Morgan fingerprint density at radius 2 is 2.16 bits per heavy atom. The molecule has 0 aliphatic heterocycles. The van der Waals surface area contributed by atoms with Gasteiger partial charge >= 0.3 is 0 Å². The first-order chi connectivity index (χ1) is 9.11. The first kappa shape index (κ1) is 13.7. The van der Waals surface area contributed by atoms with E-state index in [0.29, 0.717) is 11.4 Å². The number of aromatic hydroxyl groups is 1. The number of halogens is 1. The molecule has 4 nitrogen and oxygen atoms in total. The lowest BCUT2D eigenvalue weighted by atomic mass is 10.3. The summed E-state index contributed by atoms with van der Waals surface area (Å²) < 4.78 is 2.75. The molecule has 0 radical (unpaired) electrons. The zero-order valence-corrected chi connectivity index (χ0v) is 12.1. The van der Waals surface area contributed by atoms with Gasteiger partial charge in [0.25, 0.3) is 5.91 Å². The Labute approximate surface area is 120 Å². The predicted molar refractivity (Wildman–Crippen MR) is 78.5 cm³/mol. The molecule has 5 heteroatoms. The first-order valence-corrected chi connectivity index (χ1v) is 6.86. The number of nitrogens with zero attached hydrogens (tertiary/aromatic N) is 1. The van der Waals surface area contributed by atoms with Crippen LogP contribution in [0.25, 0.3) is 0 Å². The van der Waals surface area contributed by atoms with Crippen molar-refractivity contribution in [1.82, 2.24) is 4.57 Å². The van der Waals surface area contributed by atoms with E-state index in [4.69, 9.17) is 0 Å². The maximum absolute atomic E-state index is 12.2. The van der Waals surface area contributed by atoms with Crippen molar-refractivity contribution >= 4 is 27.5 Å². The lowest BCUT2D eigenvalue weighted by molar-refractivity contribution is 0.101. The SMILES string of the molecule is CCCn1cc(Br)cc1C(=O)Nc1ccccc1O. The number of hydrogen-bond donors (Lipinski definition) is 2. The molecule has 2 aromatic rings. The summed E-state index contributed by atoms with van der Waals surface area (Å²) in [4.78, 5) is 12.2. The molecule has 1 amide bonds. The molecule has 2 N–H and O–H groups in total. The second kappa shape index (κ2) is 5.93. The highest BCUT2D eigenvalue weighted by Gasteiger charge is 2.14. The largest absolute Gasteiger partial charge is 0.506 e. The fourth-order valence-corrected chi connectivity index (χ4v) is 2.32. The second-order valence-electron chi connectivity index (χ2n) is 4.21. The third-order valence-electron chi connectivity index (χ3n) is 2.71. The van der Waals surface area contributed by atoms with Gasteiger partial charge in [0.15, 0.2) is 0 Å². The van der Waals surface area contributed by atoms with Crippen LogP contribution in [0.15, 0.2) is 41.0 Å². The number of aromatic nitrogens is 1. The summed E-state index contributed by atoms with van der Waals surface area (Å²) in [5.41, 5.74) is 0.977. The van der Waals surface area contributed by atoms with Crippen LogP contribution in [0.2, 0.25) is 0 Å². The van der Waals surface area contributed by atoms with Crippen LogP contribution < -0.4 is 5.32 Å². The van der Waals surface area contributed by atoms with Crippen LogP contribution >= 0.6 is 15.9 Å². The van der Waals surface area contributed by atoms with E-state index in [2.05, 4.69) is 28.2 Å². The van der Waals surface area contributed by atoms with Gasteiger partial charge < -0.3 is 15.0 Å². The molecule has 100 valence electrons. The number of aryl methyl sites for hydroxylation is 1. The van der Waals surface area contributed by atoms with Crippen LogP contribution in [0, 0.1) is 0 Å². The van der Waals surface area contributed by atoms with Crippen molar-refractivity contribution in [3.63, 3.8) is 0 Å². The number of benzene rings is 1. The quantitative estimate of drug-likeness (QED) is 0.845. The van der Waals surface area contributed by atoms with Gasteiger partial charge in [0.1, 0.15) is 11.4 Å². The van der Waals surface area contributed by atoms with Crippen molar-refractivity contribution in [2.75, 3.05) is 5.32 Å². The van der Waals surface area contributed by atoms with Crippen molar-refractivity contribution < 1.29 is 9.90 Å². The molecule has 0 saturated heterocycles. The highest BCUT2D eigenvalue weighted by atomic mass is 79.9. The van der Waals surface area contributed by atoms with E-state index in [1.54, 1.807) is 24.3 Å². The Hall–Kier alpha value is -1.75. The fraction of sp³-hybridized carbons (Fsp3) is 0.214. The maximum Gasteiger partial charge on any atom is 0.272 e. The highest BCUT2D eigenvalue weighted by molar-refractivity contribution is 9.10. The van der Waals surface area contributed by atoms with Crippen LogP contribution in [0.1, 0.15) is 23.8 Å². The van der Waals surface area contributed by atoms with Gasteiger partial charge in [-0.1, -0.05) is 19.1 Å². The molecule has 0 spiro atoms. The van der Waals surface area contributed by atoms with Crippen molar-refractivity contribution in [2.24, 2.45) is 0 Å². The van der Waals surface area contributed by atoms with E-state index >= 15 is 0 Å². The Balaban J connectivity index is 2.23. The van der Waals surface area contributed by atoms with E-state index in [0.717, 1.165) is 17.4 Å². The third kappa shape index (κ3) is 3.17. The first-order valence-electron chi connectivity index (χ1n) is 6.07. The number of carbonyl (C=O) groups is 1. The molecule has 0 aliphatic carbocycles. The van der Waals surface area contributed by atoms with Gasteiger partial charge in [-0.15, -0.1) is 0 Å². The highest BCUT2D eigenvalue weighted by Crippen LogP contribution is 2.23. The van der Waals surface area contributed by atoms with Gasteiger partial charge in [-0.2, -0.15) is 0 Å². The number of anilines is 1. The lowest BCUT2D eigenvalue weighted by Crippen LogP contribution is -2.16. The molecule has 0 fully saturated rings. The van der Waals surface area contributed by atoms with Crippen LogP contribution in [-0.2, 0) is 6.54 Å².